The number of methoxy groups -OCH3 is 1. The minimum Gasteiger partial charge on any atom is -0.495 e. The SMILES string of the molecule is COc1ccccc1S(=O)(=O)NCCc1nnc2ccc(NCCCc3ccccc3)nn12. The Morgan fingerprint density at radius 3 is 2.52 bits per heavy atom. The van der Waals surface area contributed by atoms with Gasteiger partial charge in [0.25, 0.3) is 0 Å². The maximum absolute atomic E-state index is 12.6. The number of benzene rings is 2. The lowest BCUT2D eigenvalue weighted by atomic mass is 10.1. The van der Waals surface area contributed by atoms with Crippen molar-refractivity contribution >= 4 is 21.5 Å². The highest BCUT2D eigenvalue weighted by Gasteiger charge is 2.19. The van der Waals surface area contributed by atoms with Gasteiger partial charge in [0.1, 0.15) is 16.5 Å². The molecule has 0 radical (unpaired) electrons. The number of rotatable bonds is 11. The minimum atomic E-state index is -3.72. The number of para-hydroxylation sites is 1. The van der Waals surface area contributed by atoms with E-state index in [0.717, 1.165) is 19.4 Å². The van der Waals surface area contributed by atoms with Gasteiger partial charge in [-0.25, -0.2) is 13.1 Å². The van der Waals surface area contributed by atoms with Gasteiger partial charge in [0, 0.05) is 19.5 Å². The summed E-state index contributed by atoms with van der Waals surface area (Å²) in [5.41, 5.74) is 1.91. The number of fused-ring (bicyclic) bond motifs is 1. The standard InChI is InChI=1S/C23H26N6O3S/c1-32-19-11-5-6-12-20(19)33(30,31)25-17-15-23-27-26-22-14-13-21(28-29(22)23)24-16-7-10-18-8-3-2-4-9-18/h2-6,8-9,11-14,25H,7,10,15-17H2,1H3,(H,24,28). The number of hydrogen-bond acceptors (Lipinski definition) is 7. The van der Waals surface area contributed by atoms with Crippen LogP contribution in [0.25, 0.3) is 5.65 Å². The first-order valence-corrected chi connectivity index (χ1v) is 12.2. The number of anilines is 1. The molecule has 0 atom stereocenters. The van der Waals surface area contributed by atoms with Crippen LogP contribution < -0.4 is 14.8 Å². The molecule has 0 unspecified atom stereocenters. The molecular formula is C23H26N6O3S. The van der Waals surface area contributed by atoms with E-state index in [9.17, 15) is 8.42 Å². The van der Waals surface area contributed by atoms with Gasteiger partial charge in [0.05, 0.1) is 7.11 Å². The molecule has 4 rings (SSSR count). The Labute approximate surface area is 192 Å². The molecule has 2 N–H and O–H groups in total. The van der Waals surface area contributed by atoms with Gasteiger partial charge in [0.2, 0.25) is 10.0 Å². The molecule has 9 nitrogen and oxygen atoms in total. The second kappa shape index (κ2) is 10.4. The van der Waals surface area contributed by atoms with Gasteiger partial charge in [-0.15, -0.1) is 15.3 Å². The topological polar surface area (TPSA) is 111 Å². The van der Waals surface area contributed by atoms with Gasteiger partial charge in [-0.2, -0.15) is 4.52 Å². The first kappa shape index (κ1) is 22.7. The summed E-state index contributed by atoms with van der Waals surface area (Å²) in [5, 5.41) is 16.2. The fraction of sp³-hybridized carbons (Fsp3) is 0.261. The van der Waals surface area contributed by atoms with Crippen molar-refractivity contribution in [3.8, 4) is 5.75 Å². The third-order valence-electron chi connectivity index (χ3n) is 5.12. The molecule has 0 saturated carbocycles. The van der Waals surface area contributed by atoms with E-state index in [2.05, 4.69) is 37.5 Å². The van der Waals surface area contributed by atoms with E-state index in [-0.39, 0.29) is 11.4 Å². The van der Waals surface area contributed by atoms with Crippen molar-refractivity contribution in [2.24, 2.45) is 0 Å². The van der Waals surface area contributed by atoms with Crippen LogP contribution in [0.15, 0.2) is 71.6 Å². The van der Waals surface area contributed by atoms with E-state index < -0.39 is 10.0 Å². The monoisotopic (exact) mass is 466 g/mol. The Kier molecular flexibility index (Phi) is 7.16. The molecule has 0 saturated heterocycles. The summed E-state index contributed by atoms with van der Waals surface area (Å²) in [6, 6.07) is 20.5. The average molecular weight is 467 g/mol. The second-order valence-corrected chi connectivity index (χ2v) is 9.15. The van der Waals surface area contributed by atoms with Crippen molar-refractivity contribution in [2.45, 2.75) is 24.2 Å². The largest absolute Gasteiger partial charge is 0.495 e. The molecule has 0 aliphatic rings. The molecule has 10 heteroatoms. The maximum atomic E-state index is 12.6. The van der Waals surface area contributed by atoms with E-state index in [1.165, 1.54) is 18.7 Å². The van der Waals surface area contributed by atoms with Crippen LogP contribution in [0.3, 0.4) is 0 Å². The third-order valence-corrected chi connectivity index (χ3v) is 6.62. The van der Waals surface area contributed by atoms with Crippen LogP contribution >= 0.6 is 0 Å². The molecule has 2 aromatic heterocycles. The summed E-state index contributed by atoms with van der Waals surface area (Å²) in [4.78, 5) is 0.0960. The van der Waals surface area contributed by atoms with Crippen molar-refractivity contribution in [3.63, 3.8) is 0 Å². The van der Waals surface area contributed by atoms with Gasteiger partial charge in [-0.05, 0) is 42.7 Å². The first-order chi connectivity index (χ1) is 16.1. The van der Waals surface area contributed by atoms with Crippen molar-refractivity contribution in [1.82, 2.24) is 24.5 Å². The van der Waals surface area contributed by atoms with Crippen molar-refractivity contribution in [1.29, 1.82) is 0 Å². The lowest BCUT2D eigenvalue weighted by molar-refractivity contribution is 0.402. The number of hydrogen-bond donors (Lipinski definition) is 2. The quantitative estimate of drug-likeness (QED) is 0.327. The number of sulfonamides is 1. The molecule has 172 valence electrons. The molecule has 0 amide bonds. The summed E-state index contributed by atoms with van der Waals surface area (Å²) in [6.45, 7) is 0.932. The first-order valence-electron chi connectivity index (χ1n) is 10.7. The van der Waals surface area contributed by atoms with Gasteiger partial charge >= 0.3 is 0 Å². The molecular weight excluding hydrogens is 440 g/mol. The predicted octanol–water partition coefficient (Wildman–Crippen LogP) is 2.70. The van der Waals surface area contributed by atoms with Crippen LogP contribution in [-0.2, 0) is 22.9 Å². The highest BCUT2D eigenvalue weighted by molar-refractivity contribution is 7.89. The smallest absolute Gasteiger partial charge is 0.244 e. The van der Waals surface area contributed by atoms with Gasteiger partial charge in [-0.3, -0.25) is 0 Å². The zero-order valence-electron chi connectivity index (χ0n) is 18.3. The molecule has 0 bridgehead atoms. The number of ether oxygens (including phenoxy) is 1. The Hall–Kier alpha value is -3.50. The second-order valence-electron chi connectivity index (χ2n) is 7.42. The van der Waals surface area contributed by atoms with Crippen LogP contribution in [-0.4, -0.2) is 48.4 Å². The molecule has 0 aliphatic heterocycles. The lowest BCUT2D eigenvalue weighted by Gasteiger charge is -2.10. The van der Waals surface area contributed by atoms with Gasteiger partial charge in [0.15, 0.2) is 11.5 Å². The Morgan fingerprint density at radius 1 is 0.909 bits per heavy atom. The van der Waals surface area contributed by atoms with Crippen molar-refractivity contribution < 1.29 is 13.2 Å². The molecule has 2 aromatic carbocycles. The molecule has 0 aliphatic carbocycles. The van der Waals surface area contributed by atoms with Crippen LogP contribution in [0.4, 0.5) is 5.82 Å². The van der Waals surface area contributed by atoms with E-state index in [4.69, 9.17) is 4.74 Å². The van der Waals surface area contributed by atoms with E-state index >= 15 is 0 Å². The summed E-state index contributed by atoms with van der Waals surface area (Å²) in [5.74, 6) is 1.58. The molecule has 4 aromatic rings. The molecule has 33 heavy (non-hydrogen) atoms. The number of aromatic nitrogens is 4. The third kappa shape index (κ3) is 5.65. The van der Waals surface area contributed by atoms with Crippen molar-refractivity contribution in [3.05, 3.63) is 78.1 Å². The fourth-order valence-corrected chi connectivity index (χ4v) is 4.65. The zero-order valence-corrected chi connectivity index (χ0v) is 19.1. The van der Waals surface area contributed by atoms with Crippen LogP contribution in [0, 0.1) is 0 Å². The van der Waals surface area contributed by atoms with Crippen LogP contribution in [0.1, 0.15) is 17.8 Å². The number of aryl methyl sites for hydroxylation is 1. The normalized spacial score (nSPS) is 11.5. The zero-order chi connectivity index (χ0) is 23.1. The van der Waals surface area contributed by atoms with Gasteiger partial charge < -0.3 is 10.1 Å². The Balaban J connectivity index is 1.35. The fourth-order valence-electron chi connectivity index (χ4n) is 3.45. The lowest BCUT2D eigenvalue weighted by Crippen LogP contribution is -2.27. The highest BCUT2D eigenvalue weighted by Crippen LogP contribution is 2.22. The average Bonchev–Trinajstić information content (AvgIpc) is 3.24. The maximum Gasteiger partial charge on any atom is 0.244 e. The number of nitrogens with one attached hydrogen (secondary N) is 2. The van der Waals surface area contributed by atoms with Crippen LogP contribution in [0.2, 0.25) is 0 Å². The molecule has 0 spiro atoms. The Bertz CT molecular complexity index is 1310. The summed E-state index contributed by atoms with van der Waals surface area (Å²) in [7, 11) is -2.28. The molecule has 2 heterocycles. The van der Waals surface area contributed by atoms with E-state index in [1.54, 1.807) is 22.7 Å². The Morgan fingerprint density at radius 2 is 1.70 bits per heavy atom. The van der Waals surface area contributed by atoms with E-state index in [1.807, 2.05) is 30.3 Å². The number of nitrogens with zero attached hydrogens (tertiary/aromatic N) is 4. The summed E-state index contributed by atoms with van der Waals surface area (Å²) >= 11 is 0. The van der Waals surface area contributed by atoms with Crippen molar-refractivity contribution in [2.75, 3.05) is 25.5 Å². The predicted molar refractivity (Wildman–Crippen MR) is 126 cm³/mol. The van der Waals surface area contributed by atoms with Gasteiger partial charge in [-0.1, -0.05) is 42.5 Å². The summed E-state index contributed by atoms with van der Waals surface area (Å²) in [6.07, 6.45) is 2.30. The summed E-state index contributed by atoms with van der Waals surface area (Å²) < 4.78 is 34.7. The van der Waals surface area contributed by atoms with Crippen LogP contribution in [0.5, 0.6) is 5.75 Å². The molecule has 0 fully saturated rings. The van der Waals surface area contributed by atoms with E-state index in [0.29, 0.717) is 29.5 Å². The highest BCUT2D eigenvalue weighted by atomic mass is 32.2. The minimum absolute atomic E-state index is 0.0960.